The predicted molar refractivity (Wildman–Crippen MR) is 76.9 cm³/mol. The summed E-state index contributed by atoms with van der Waals surface area (Å²) < 4.78 is 1.73. The molecule has 0 atom stereocenters. The first-order valence-corrected chi connectivity index (χ1v) is 6.28. The molecule has 0 saturated heterocycles. The monoisotopic (exact) mass is 266 g/mol. The first-order chi connectivity index (χ1) is 9.59. The van der Waals surface area contributed by atoms with Crippen LogP contribution in [0, 0.1) is 13.8 Å². The highest BCUT2D eigenvalue weighted by Crippen LogP contribution is 2.24. The molecule has 5 heteroatoms. The zero-order valence-corrected chi connectivity index (χ0v) is 11.3. The Morgan fingerprint density at radius 3 is 2.70 bits per heavy atom. The third kappa shape index (κ3) is 1.75. The van der Waals surface area contributed by atoms with Crippen LogP contribution in [0.4, 0.5) is 0 Å². The van der Waals surface area contributed by atoms with Crippen LogP contribution in [0.1, 0.15) is 21.6 Å². The maximum absolute atomic E-state index is 11.8. The van der Waals surface area contributed by atoms with Gasteiger partial charge in [-0.3, -0.25) is 9.78 Å². The Labute approximate surface area is 116 Å². The van der Waals surface area contributed by atoms with E-state index in [1.807, 2.05) is 38.1 Å². The molecule has 0 radical (unpaired) electrons. The standard InChI is InChI=1S/C15H14N4O/c1-9-7-17-10(2)14(13(9)15(16)20)19-12-6-4-3-5-11(12)8-18-19/h3-8H,1-2H3,(H2,16,20). The van der Waals surface area contributed by atoms with E-state index in [0.717, 1.165) is 22.2 Å². The Morgan fingerprint density at radius 2 is 1.95 bits per heavy atom. The van der Waals surface area contributed by atoms with Gasteiger partial charge >= 0.3 is 0 Å². The Hall–Kier alpha value is -2.69. The van der Waals surface area contributed by atoms with E-state index < -0.39 is 5.91 Å². The SMILES string of the molecule is Cc1cnc(C)c(-n2ncc3ccccc32)c1C(N)=O. The van der Waals surface area contributed by atoms with E-state index in [1.54, 1.807) is 17.1 Å². The van der Waals surface area contributed by atoms with Gasteiger partial charge in [-0.15, -0.1) is 0 Å². The van der Waals surface area contributed by atoms with Gasteiger partial charge in [0.15, 0.2) is 0 Å². The minimum atomic E-state index is -0.470. The maximum atomic E-state index is 11.8. The van der Waals surface area contributed by atoms with Crippen molar-refractivity contribution < 1.29 is 4.79 Å². The van der Waals surface area contributed by atoms with Crippen molar-refractivity contribution in [1.29, 1.82) is 0 Å². The molecule has 0 fully saturated rings. The van der Waals surface area contributed by atoms with Crippen molar-refractivity contribution in [1.82, 2.24) is 14.8 Å². The van der Waals surface area contributed by atoms with Gasteiger partial charge in [-0.2, -0.15) is 5.10 Å². The lowest BCUT2D eigenvalue weighted by Gasteiger charge is -2.13. The number of rotatable bonds is 2. The topological polar surface area (TPSA) is 73.8 Å². The summed E-state index contributed by atoms with van der Waals surface area (Å²) in [7, 11) is 0. The Balaban J connectivity index is 2.40. The van der Waals surface area contributed by atoms with Crippen molar-refractivity contribution in [3.63, 3.8) is 0 Å². The minimum Gasteiger partial charge on any atom is -0.366 e. The summed E-state index contributed by atoms with van der Waals surface area (Å²) in [6.45, 7) is 3.67. The summed E-state index contributed by atoms with van der Waals surface area (Å²) in [6, 6.07) is 7.81. The smallest absolute Gasteiger partial charge is 0.251 e. The van der Waals surface area contributed by atoms with E-state index in [4.69, 9.17) is 5.73 Å². The molecule has 0 aliphatic heterocycles. The molecule has 100 valence electrons. The largest absolute Gasteiger partial charge is 0.366 e. The summed E-state index contributed by atoms with van der Waals surface area (Å²) in [6.07, 6.45) is 3.42. The number of nitrogens with zero attached hydrogens (tertiary/aromatic N) is 3. The van der Waals surface area contributed by atoms with Gasteiger partial charge in [0.25, 0.3) is 5.91 Å². The number of amides is 1. The molecule has 1 amide bonds. The van der Waals surface area contributed by atoms with Gasteiger partial charge < -0.3 is 5.73 Å². The Kier molecular flexibility index (Phi) is 2.75. The lowest BCUT2D eigenvalue weighted by molar-refractivity contribution is 0.0999. The molecule has 0 saturated carbocycles. The molecule has 0 aliphatic rings. The van der Waals surface area contributed by atoms with E-state index in [1.165, 1.54) is 0 Å². The molecule has 20 heavy (non-hydrogen) atoms. The minimum absolute atomic E-state index is 0.464. The number of aryl methyl sites for hydroxylation is 2. The molecule has 0 aliphatic carbocycles. The first-order valence-electron chi connectivity index (χ1n) is 6.28. The summed E-state index contributed by atoms with van der Waals surface area (Å²) in [5.74, 6) is -0.470. The number of hydrogen-bond donors (Lipinski definition) is 1. The van der Waals surface area contributed by atoms with Crippen LogP contribution in [0.3, 0.4) is 0 Å². The number of fused-ring (bicyclic) bond motifs is 1. The third-order valence-corrected chi connectivity index (χ3v) is 3.36. The quantitative estimate of drug-likeness (QED) is 0.772. The molecule has 1 aromatic carbocycles. The van der Waals surface area contributed by atoms with Crippen molar-refractivity contribution in [3.8, 4) is 5.69 Å². The fraction of sp³-hybridized carbons (Fsp3) is 0.133. The second-order valence-corrected chi connectivity index (χ2v) is 4.73. The summed E-state index contributed by atoms with van der Waals surface area (Å²) in [5.41, 5.74) is 9.03. The average Bonchev–Trinajstić information content (AvgIpc) is 2.84. The van der Waals surface area contributed by atoms with Crippen LogP contribution in [0.2, 0.25) is 0 Å². The fourth-order valence-electron chi connectivity index (χ4n) is 2.41. The highest BCUT2D eigenvalue weighted by atomic mass is 16.1. The van der Waals surface area contributed by atoms with Gasteiger partial charge in [-0.25, -0.2) is 4.68 Å². The first kappa shape index (κ1) is 12.3. The van der Waals surface area contributed by atoms with Gasteiger partial charge in [0.1, 0.15) is 0 Å². The van der Waals surface area contributed by atoms with Crippen LogP contribution < -0.4 is 5.73 Å². The molecule has 2 N–H and O–H groups in total. The van der Waals surface area contributed by atoms with E-state index in [0.29, 0.717) is 11.3 Å². The van der Waals surface area contributed by atoms with Crippen LogP contribution in [0.15, 0.2) is 36.7 Å². The highest BCUT2D eigenvalue weighted by Gasteiger charge is 2.18. The summed E-state index contributed by atoms with van der Waals surface area (Å²) in [5, 5.41) is 5.38. The van der Waals surface area contributed by atoms with Crippen molar-refractivity contribution in [2.24, 2.45) is 5.73 Å². The van der Waals surface area contributed by atoms with E-state index in [9.17, 15) is 4.79 Å². The number of nitrogens with two attached hydrogens (primary N) is 1. The lowest BCUT2D eigenvalue weighted by Crippen LogP contribution is -2.18. The number of carbonyl (C=O) groups excluding carboxylic acids is 1. The molecule has 0 bridgehead atoms. The number of aromatic nitrogens is 3. The molecule has 0 unspecified atom stereocenters. The second kappa shape index (κ2) is 4.45. The molecule has 2 heterocycles. The summed E-state index contributed by atoms with van der Waals surface area (Å²) >= 11 is 0. The number of benzene rings is 1. The van der Waals surface area contributed by atoms with Crippen molar-refractivity contribution in [3.05, 3.63) is 53.5 Å². The van der Waals surface area contributed by atoms with E-state index in [-0.39, 0.29) is 0 Å². The molecule has 2 aromatic heterocycles. The fourth-order valence-corrected chi connectivity index (χ4v) is 2.41. The third-order valence-electron chi connectivity index (χ3n) is 3.36. The number of pyridine rings is 1. The van der Waals surface area contributed by atoms with Gasteiger partial charge in [-0.1, -0.05) is 18.2 Å². The highest BCUT2D eigenvalue weighted by molar-refractivity contribution is 5.99. The molecule has 3 rings (SSSR count). The van der Waals surface area contributed by atoms with Gasteiger partial charge in [0, 0.05) is 11.6 Å². The number of carbonyl (C=O) groups is 1. The van der Waals surface area contributed by atoms with Crippen molar-refractivity contribution in [2.75, 3.05) is 0 Å². The zero-order valence-electron chi connectivity index (χ0n) is 11.3. The van der Waals surface area contributed by atoms with Gasteiger partial charge in [-0.05, 0) is 25.5 Å². The van der Waals surface area contributed by atoms with E-state index >= 15 is 0 Å². The zero-order chi connectivity index (χ0) is 14.3. The Morgan fingerprint density at radius 1 is 1.20 bits per heavy atom. The molecular formula is C15H14N4O. The van der Waals surface area contributed by atoms with Crippen LogP contribution in [0.25, 0.3) is 16.6 Å². The van der Waals surface area contributed by atoms with Crippen LogP contribution in [0.5, 0.6) is 0 Å². The van der Waals surface area contributed by atoms with Gasteiger partial charge in [0.05, 0.1) is 28.7 Å². The average molecular weight is 266 g/mol. The molecular weight excluding hydrogens is 252 g/mol. The molecule has 0 spiro atoms. The predicted octanol–water partition coefficient (Wildman–Crippen LogP) is 2.14. The van der Waals surface area contributed by atoms with Crippen molar-refractivity contribution >= 4 is 16.8 Å². The maximum Gasteiger partial charge on any atom is 0.251 e. The number of primary amides is 1. The van der Waals surface area contributed by atoms with Crippen LogP contribution in [-0.4, -0.2) is 20.7 Å². The van der Waals surface area contributed by atoms with Crippen LogP contribution in [-0.2, 0) is 0 Å². The normalized spacial score (nSPS) is 10.9. The van der Waals surface area contributed by atoms with Crippen LogP contribution >= 0.6 is 0 Å². The summed E-state index contributed by atoms with van der Waals surface area (Å²) in [4.78, 5) is 16.1. The Bertz CT molecular complexity index is 820. The van der Waals surface area contributed by atoms with E-state index in [2.05, 4.69) is 10.1 Å². The lowest BCUT2D eigenvalue weighted by atomic mass is 10.1. The number of hydrogen-bond acceptors (Lipinski definition) is 3. The number of para-hydroxylation sites is 1. The second-order valence-electron chi connectivity index (χ2n) is 4.73. The van der Waals surface area contributed by atoms with Crippen molar-refractivity contribution in [2.45, 2.75) is 13.8 Å². The molecule has 5 nitrogen and oxygen atoms in total. The molecule has 3 aromatic rings. The van der Waals surface area contributed by atoms with Gasteiger partial charge in [0.2, 0.25) is 0 Å².